The number of aromatic amines is 1. The van der Waals surface area contributed by atoms with Gasteiger partial charge in [0, 0.05) is 36.0 Å². The summed E-state index contributed by atoms with van der Waals surface area (Å²) in [5, 5.41) is 3.50. The van der Waals surface area contributed by atoms with Gasteiger partial charge in [-0.15, -0.1) is 0 Å². The van der Waals surface area contributed by atoms with Crippen LogP contribution in [0.25, 0.3) is 0 Å². The molecule has 4 nitrogen and oxygen atoms in total. The highest BCUT2D eigenvalue weighted by molar-refractivity contribution is 5.26. The molecule has 2 aliphatic rings. The minimum atomic E-state index is -0.222. The van der Waals surface area contributed by atoms with Gasteiger partial charge in [-0.3, -0.25) is 0 Å². The molecule has 2 unspecified atom stereocenters. The maximum atomic E-state index is 11.0. The lowest BCUT2D eigenvalue weighted by molar-refractivity contribution is 0.502. The van der Waals surface area contributed by atoms with Gasteiger partial charge in [0.1, 0.15) is 0 Å². The van der Waals surface area contributed by atoms with Crippen LogP contribution in [-0.2, 0) is 6.42 Å². The lowest BCUT2D eigenvalue weighted by atomic mass is 10.0. The lowest BCUT2D eigenvalue weighted by Crippen LogP contribution is -2.34. The van der Waals surface area contributed by atoms with Gasteiger partial charge < -0.3 is 10.3 Å². The van der Waals surface area contributed by atoms with Crippen molar-refractivity contribution < 1.29 is 0 Å². The van der Waals surface area contributed by atoms with Crippen molar-refractivity contribution in [3.63, 3.8) is 0 Å². The summed E-state index contributed by atoms with van der Waals surface area (Å²) >= 11 is 0. The van der Waals surface area contributed by atoms with Crippen LogP contribution >= 0.6 is 0 Å². The first-order chi connectivity index (χ1) is 6.33. The van der Waals surface area contributed by atoms with Crippen molar-refractivity contribution in [3.05, 3.63) is 27.9 Å². The van der Waals surface area contributed by atoms with Crippen LogP contribution in [0, 0.1) is 0 Å². The molecule has 0 radical (unpaired) electrons. The first-order valence-electron chi connectivity index (χ1n) is 4.67. The summed E-state index contributed by atoms with van der Waals surface area (Å²) in [4.78, 5) is 17.6. The molecule has 13 heavy (non-hydrogen) atoms. The van der Waals surface area contributed by atoms with E-state index in [1.165, 1.54) is 18.4 Å². The molecule has 68 valence electrons. The molecule has 2 aliphatic heterocycles. The average Bonchev–Trinajstić information content (AvgIpc) is 2.48. The first kappa shape index (κ1) is 7.26. The van der Waals surface area contributed by atoms with Crippen LogP contribution in [0.1, 0.15) is 30.1 Å². The molecule has 0 aliphatic carbocycles. The fourth-order valence-electron chi connectivity index (χ4n) is 2.38. The SMILES string of the molecule is O=c1ncc2c([nH]1)CC1CCC2N1. The van der Waals surface area contributed by atoms with E-state index < -0.39 is 0 Å². The topological polar surface area (TPSA) is 57.8 Å². The Kier molecular flexibility index (Phi) is 1.35. The van der Waals surface area contributed by atoms with E-state index in [2.05, 4.69) is 15.3 Å². The molecule has 3 heterocycles. The van der Waals surface area contributed by atoms with Gasteiger partial charge in [-0.25, -0.2) is 9.78 Å². The molecular weight excluding hydrogens is 166 g/mol. The van der Waals surface area contributed by atoms with Crippen molar-refractivity contribution in [3.8, 4) is 0 Å². The number of nitrogens with zero attached hydrogens (tertiary/aromatic N) is 1. The van der Waals surface area contributed by atoms with Gasteiger partial charge in [-0.1, -0.05) is 0 Å². The quantitative estimate of drug-likeness (QED) is 0.591. The van der Waals surface area contributed by atoms with Crippen molar-refractivity contribution >= 4 is 0 Å². The second-order valence-electron chi connectivity index (χ2n) is 3.82. The Morgan fingerprint density at radius 2 is 2.38 bits per heavy atom. The molecule has 0 amide bonds. The smallest absolute Gasteiger partial charge is 0.309 e. The Hall–Kier alpha value is -1.16. The van der Waals surface area contributed by atoms with Crippen LogP contribution in [0.15, 0.2) is 11.0 Å². The third-order valence-electron chi connectivity index (χ3n) is 2.99. The summed E-state index contributed by atoms with van der Waals surface area (Å²) < 4.78 is 0. The van der Waals surface area contributed by atoms with Crippen molar-refractivity contribution in [1.82, 2.24) is 15.3 Å². The fraction of sp³-hybridized carbons (Fsp3) is 0.556. The molecule has 0 aromatic carbocycles. The minimum Gasteiger partial charge on any atom is -0.309 e. The number of H-pyrrole nitrogens is 1. The fourth-order valence-corrected chi connectivity index (χ4v) is 2.38. The Morgan fingerprint density at radius 3 is 3.31 bits per heavy atom. The largest absolute Gasteiger partial charge is 0.345 e. The zero-order valence-corrected chi connectivity index (χ0v) is 7.21. The molecule has 0 saturated carbocycles. The normalized spacial score (nSPS) is 30.2. The molecule has 1 fully saturated rings. The molecule has 2 N–H and O–H groups in total. The van der Waals surface area contributed by atoms with Gasteiger partial charge in [0.15, 0.2) is 0 Å². The number of hydrogen-bond acceptors (Lipinski definition) is 3. The molecule has 2 atom stereocenters. The predicted octanol–water partition coefficient (Wildman–Crippen LogP) is 0.119. The monoisotopic (exact) mass is 177 g/mol. The molecule has 3 rings (SSSR count). The van der Waals surface area contributed by atoms with E-state index in [9.17, 15) is 4.79 Å². The van der Waals surface area contributed by atoms with Gasteiger partial charge in [0.05, 0.1) is 0 Å². The Balaban J connectivity index is 2.17. The van der Waals surface area contributed by atoms with Crippen molar-refractivity contribution in [2.45, 2.75) is 31.3 Å². The number of nitrogens with one attached hydrogen (secondary N) is 2. The Labute approximate surface area is 75.4 Å². The summed E-state index contributed by atoms with van der Waals surface area (Å²) in [5.74, 6) is 0. The van der Waals surface area contributed by atoms with Crippen molar-refractivity contribution in [2.75, 3.05) is 0 Å². The summed E-state index contributed by atoms with van der Waals surface area (Å²) in [5.41, 5.74) is 2.06. The average molecular weight is 177 g/mol. The first-order valence-corrected chi connectivity index (χ1v) is 4.67. The van der Waals surface area contributed by atoms with Crippen LogP contribution in [0.4, 0.5) is 0 Å². The summed E-state index contributed by atoms with van der Waals surface area (Å²) in [6.45, 7) is 0. The van der Waals surface area contributed by atoms with E-state index in [4.69, 9.17) is 0 Å². The molecule has 1 aromatic heterocycles. The van der Waals surface area contributed by atoms with Gasteiger partial charge in [-0.05, 0) is 12.8 Å². The molecule has 1 aromatic rings. The van der Waals surface area contributed by atoms with E-state index in [0.717, 1.165) is 12.1 Å². The van der Waals surface area contributed by atoms with E-state index in [0.29, 0.717) is 12.1 Å². The number of aromatic nitrogens is 2. The standard InChI is InChI=1S/C9H11N3O/c13-9-10-4-6-7-2-1-5(11-7)3-8(6)12-9/h4-5,7,11H,1-3H2,(H,10,12,13). The predicted molar refractivity (Wildman–Crippen MR) is 47.5 cm³/mol. The van der Waals surface area contributed by atoms with Crippen LogP contribution in [0.5, 0.6) is 0 Å². The third-order valence-corrected chi connectivity index (χ3v) is 2.99. The minimum absolute atomic E-state index is 0.222. The van der Waals surface area contributed by atoms with Crippen molar-refractivity contribution in [1.29, 1.82) is 0 Å². The van der Waals surface area contributed by atoms with Crippen LogP contribution in [0.2, 0.25) is 0 Å². The zero-order valence-electron chi connectivity index (χ0n) is 7.21. The Bertz CT molecular complexity index is 398. The highest BCUT2D eigenvalue weighted by atomic mass is 16.1. The van der Waals surface area contributed by atoms with Gasteiger partial charge in [-0.2, -0.15) is 0 Å². The molecular formula is C9H11N3O. The van der Waals surface area contributed by atoms with Crippen LogP contribution < -0.4 is 11.0 Å². The Morgan fingerprint density at radius 1 is 1.46 bits per heavy atom. The van der Waals surface area contributed by atoms with Crippen LogP contribution in [0.3, 0.4) is 0 Å². The summed E-state index contributed by atoms with van der Waals surface area (Å²) in [6.07, 6.45) is 5.05. The molecule has 4 heteroatoms. The number of fused-ring (bicyclic) bond motifs is 4. The van der Waals surface area contributed by atoms with Gasteiger partial charge in [0.2, 0.25) is 0 Å². The molecule has 1 saturated heterocycles. The van der Waals surface area contributed by atoms with E-state index in [1.54, 1.807) is 6.20 Å². The summed E-state index contributed by atoms with van der Waals surface area (Å²) in [7, 11) is 0. The zero-order chi connectivity index (χ0) is 8.84. The van der Waals surface area contributed by atoms with E-state index in [1.807, 2.05) is 0 Å². The van der Waals surface area contributed by atoms with Gasteiger partial charge >= 0.3 is 5.69 Å². The van der Waals surface area contributed by atoms with E-state index >= 15 is 0 Å². The maximum absolute atomic E-state index is 11.0. The molecule has 0 spiro atoms. The molecule has 2 bridgehead atoms. The lowest BCUT2D eigenvalue weighted by Gasteiger charge is -2.23. The number of rotatable bonds is 0. The number of hydrogen-bond donors (Lipinski definition) is 2. The van der Waals surface area contributed by atoms with E-state index in [-0.39, 0.29) is 5.69 Å². The van der Waals surface area contributed by atoms with Crippen molar-refractivity contribution in [2.24, 2.45) is 0 Å². The highest BCUT2D eigenvalue weighted by Gasteiger charge is 2.32. The second kappa shape index (κ2) is 2.42. The van der Waals surface area contributed by atoms with Gasteiger partial charge in [0.25, 0.3) is 0 Å². The third kappa shape index (κ3) is 1.02. The second-order valence-corrected chi connectivity index (χ2v) is 3.82. The maximum Gasteiger partial charge on any atom is 0.345 e. The highest BCUT2D eigenvalue weighted by Crippen LogP contribution is 2.33. The summed E-state index contributed by atoms with van der Waals surface area (Å²) in [6, 6.07) is 0.994. The van der Waals surface area contributed by atoms with Crippen LogP contribution in [-0.4, -0.2) is 16.0 Å².